The molecule has 0 fully saturated rings. The van der Waals surface area contributed by atoms with Gasteiger partial charge in [-0.3, -0.25) is 37.3 Å². The molecule has 0 aromatic rings. The molecule has 0 saturated heterocycles. The lowest BCUT2D eigenvalue weighted by Crippen LogP contribution is -2.30. The Labute approximate surface area is 638 Å². The van der Waals surface area contributed by atoms with Gasteiger partial charge in [-0.15, -0.1) is 0 Å². The predicted octanol–water partition coefficient (Wildman–Crippen LogP) is 26.1. The Bertz CT molecular complexity index is 1960. The topological polar surface area (TPSA) is 237 Å². The van der Waals surface area contributed by atoms with Crippen molar-refractivity contribution in [2.75, 3.05) is 39.6 Å². The predicted molar refractivity (Wildman–Crippen MR) is 428 cm³/mol. The summed E-state index contributed by atoms with van der Waals surface area (Å²) in [6, 6.07) is 0. The Morgan fingerprint density at radius 3 is 0.567 bits per heavy atom. The first kappa shape index (κ1) is 102. The Morgan fingerprint density at radius 1 is 0.231 bits per heavy atom. The lowest BCUT2D eigenvalue weighted by Gasteiger charge is -2.21. The lowest BCUT2D eigenvalue weighted by molar-refractivity contribution is -0.161. The molecule has 0 heterocycles. The van der Waals surface area contributed by atoms with Crippen molar-refractivity contribution in [1.82, 2.24) is 0 Å². The zero-order chi connectivity index (χ0) is 76.0. The largest absolute Gasteiger partial charge is 0.472 e. The molecule has 0 aromatic carbocycles. The summed E-state index contributed by atoms with van der Waals surface area (Å²) in [5.74, 6) is -2.10. The molecular weight excluding hydrogens is 1350 g/mol. The van der Waals surface area contributed by atoms with Gasteiger partial charge in [-0.05, 0) is 25.7 Å². The molecule has 0 saturated carbocycles. The third kappa shape index (κ3) is 78.2. The second-order valence-corrected chi connectivity index (χ2v) is 33.5. The monoisotopic (exact) mass is 1520 g/mol. The molecular formula is C85H166O17P2. The summed E-state index contributed by atoms with van der Waals surface area (Å²) in [6.45, 7) is 5.02. The molecule has 2 unspecified atom stereocenters. The van der Waals surface area contributed by atoms with Gasteiger partial charge in [-0.25, -0.2) is 9.13 Å². The standard InChI is InChI=1S/C85H166O17P2/c1-5-9-13-17-21-25-28-31-34-36-38-39-40-42-44-47-50-53-56-60-64-68-72-85(90)102-81(76-96-83(88)70-66-62-58-54-51-48-46-43-41-37-35-32-29-26-22-18-14-10-6-2)78-100-104(93,94)98-74-79(86)73-97-103(91,92)99-77-80(75-95-82(87)69-65-61-57-24-20-16-12-8-4)101-84(89)71-67-63-59-55-52-49-45-33-30-27-23-19-15-11-7-3/h79-81,86H,5-78H2,1-4H3,(H,91,92)(H,93,94)/t79-,80+,81+/m0/s1. The van der Waals surface area contributed by atoms with Crippen LogP contribution in [-0.2, 0) is 65.4 Å². The van der Waals surface area contributed by atoms with Crippen LogP contribution in [0.3, 0.4) is 0 Å². The van der Waals surface area contributed by atoms with Crippen LogP contribution in [0.1, 0.15) is 464 Å². The minimum absolute atomic E-state index is 0.109. The molecule has 19 heteroatoms. The summed E-state index contributed by atoms with van der Waals surface area (Å²) in [7, 11) is -9.92. The molecule has 0 aliphatic rings. The van der Waals surface area contributed by atoms with Crippen molar-refractivity contribution in [1.29, 1.82) is 0 Å². The lowest BCUT2D eigenvalue weighted by atomic mass is 10.0. The molecule has 0 radical (unpaired) electrons. The number of aliphatic hydroxyl groups excluding tert-OH is 1. The summed E-state index contributed by atoms with van der Waals surface area (Å²) >= 11 is 0. The highest BCUT2D eigenvalue weighted by Gasteiger charge is 2.30. The zero-order valence-electron chi connectivity index (χ0n) is 68.0. The van der Waals surface area contributed by atoms with Gasteiger partial charge in [-0.1, -0.05) is 413 Å². The highest BCUT2D eigenvalue weighted by Crippen LogP contribution is 2.45. The number of hydrogen-bond donors (Lipinski definition) is 3. The molecule has 5 atom stereocenters. The van der Waals surface area contributed by atoms with Crippen LogP contribution < -0.4 is 0 Å². The summed E-state index contributed by atoms with van der Waals surface area (Å²) < 4.78 is 68.8. The third-order valence-electron chi connectivity index (χ3n) is 20.1. The van der Waals surface area contributed by atoms with E-state index in [0.29, 0.717) is 25.7 Å². The molecule has 0 bridgehead atoms. The van der Waals surface area contributed by atoms with E-state index in [1.165, 1.54) is 295 Å². The van der Waals surface area contributed by atoms with Crippen LogP contribution in [-0.4, -0.2) is 96.7 Å². The highest BCUT2D eigenvalue weighted by molar-refractivity contribution is 7.47. The third-order valence-corrected chi connectivity index (χ3v) is 22.0. The van der Waals surface area contributed by atoms with E-state index in [4.69, 9.17) is 37.0 Å². The summed E-state index contributed by atoms with van der Waals surface area (Å²) in [5, 5.41) is 10.7. The Balaban J connectivity index is 5.17. The van der Waals surface area contributed by atoms with E-state index in [-0.39, 0.29) is 25.7 Å². The van der Waals surface area contributed by atoms with Gasteiger partial charge in [0.2, 0.25) is 0 Å². The van der Waals surface area contributed by atoms with Crippen LogP contribution in [0.2, 0.25) is 0 Å². The van der Waals surface area contributed by atoms with Crippen LogP contribution >= 0.6 is 15.6 Å². The van der Waals surface area contributed by atoms with Crippen LogP contribution in [0.5, 0.6) is 0 Å². The van der Waals surface area contributed by atoms with Gasteiger partial charge in [0.15, 0.2) is 12.2 Å². The van der Waals surface area contributed by atoms with Crippen molar-refractivity contribution >= 4 is 39.5 Å². The first-order valence-corrected chi connectivity index (χ1v) is 47.3. The maximum atomic E-state index is 13.1. The first-order valence-electron chi connectivity index (χ1n) is 44.3. The SMILES string of the molecule is CCCCCCCCCCCCCCCCCCCCCCCCC(=O)O[C@H](COC(=O)CCCCCCCCCCCCCCCCCCCCC)COP(=O)(O)OC[C@@H](O)COP(=O)(O)OC[C@@H](COC(=O)CCCCCCCCCC)OC(=O)CCCCCCCCCCCCCCCCC. The van der Waals surface area contributed by atoms with E-state index < -0.39 is 97.5 Å². The molecule has 3 N–H and O–H groups in total. The smallest absolute Gasteiger partial charge is 0.462 e. The summed E-state index contributed by atoms with van der Waals surface area (Å²) in [6.07, 6.45) is 73.8. The van der Waals surface area contributed by atoms with Crippen LogP contribution in [0.25, 0.3) is 0 Å². The molecule has 104 heavy (non-hydrogen) atoms. The van der Waals surface area contributed by atoms with Crippen molar-refractivity contribution in [3.63, 3.8) is 0 Å². The van der Waals surface area contributed by atoms with Gasteiger partial charge in [0.1, 0.15) is 19.3 Å². The number of aliphatic hydroxyl groups is 1. The van der Waals surface area contributed by atoms with Gasteiger partial charge in [0, 0.05) is 25.7 Å². The number of carbonyl (C=O) groups excluding carboxylic acids is 4. The molecule has 0 amide bonds. The van der Waals surface area contributed by atoms with E-state index >= 15 is 0 Å². The van der Waals surface area contributed by atoms with Gasteiger partial charge in [-0.2, -0.15) is 0 Å². The fraction of sp³-hybridized carbons (Fsp3) is 0.953. The van der Waals surface area contributed by atoms with Crippen LogP contribution in [0.4, 0.5) is 0 Å². The van der Waals surface area contributed by atoms with Crippen molar-refractivity contribution in [3.8, 4) is 0 Å². The number of rotatable bonds is 86. The fourth-order valence-corrected chi connectivity index (χ4v) is 14.9. The molecule has 0 aromatic heterocycles. The Hall–Kier alpha value is -1.94. The number of ether oxygens (including phenoxy) is 4. The number of esters is 4. The molecule has 17 nitrogen and oxygen atoms in total. The van der Waals surface area contributed by atoms with Crippen molar-refractivity contribution < 1.29 is 80.2 Å². The first-order chi connectivity index (χ1) is 50.7. The Morgan fingerprint density at radius 2 is 0.385 bits per heavy atom. The van der Waals surface area contributed by atoms with E-state index in [2.05, 4.69) is 27.7 Å². The number of phosphoric ester groups is 2. The Kier molecular flexibility index (Phi) is 77.7. The summed E-state index contributed by atoms with van der Waals surface area (Å²) in [4.78, 5) is 73.1. The minimum atomic E-state index is -4.96. The highest BCUT2D eigenvalue weighted by atomic mass is 31.2. The molecule has 0 rings (SSSR count). The van der Waals surface area contributed by atoms with Gasteiger partial charge in [0.05, 0.1) is 26.4 Å². The average Bonchev–Trinajstić information content (AvgIpc) is 0.905. The van der Waals surface area contributed by atoms with Crippen LogP contribution in [0, 0.1) is 0 Å². The van der Waals surface area contributed by atoms with Gasteiger partial charge in [0.25, 0.3) is 0 Å². The van der Waals surface area contributed by atoms with E-state index in [1.54, 1.807) is 0 Å². The van der Waals surface area contributed by atoms with Crippen molar-refractivity contribution in [3.05, 3.63) is 0 Å². The number of unbranched alkanes of at least 4 members (excludes halogenated alkanes) is 60. The van der Waals surface area contributed by atoms with E-state index in [0.717, 1.165) is 89.9 Å². The van der Waals surface area contributed by atoms with E-state index in [1.807, 2.05) is 0 Å². The maximum Gasteiger partial charge on any atom is 0.472 e. The van der Waals surface area contributed by atoms with Gasteiger partial charge < -0.3 is 33.8 Å². The number of hydrogen-bond acceptors (Lipinski definition) is 15. The molecule has 618 valence electrons. The quantitative estimate of drug-likeness (QED) is 0.0222. The van der Waals surface area contributed by atoms with E-state index in [9.17, 15) is 43.2 Å². The second-order valence-electron chi connectivity index (χ2n) is 30.6. The maximum absolute atomic E-state index is 13.1. The number of carbonyl (C=O) groups is 4. The fourth-order valence-electron chi connectivity index (χ4n) is 13.3. The minimum Gasteiger partial charge on any atom is -0.462 e. The summed E-state index contributed by atoms with van der Waals surface area (Å²) in [5.41, 5.74) is 0. The van der Waals surface area contributed by atoms with Crippen molar-refractivity contribution in [2.24, 2.45) is 0 Å². The van der Waals surface area contributed by atoms with Crippen LogP contribution in [0.15, 0.2) is 0 Å². The average molecular weight is 1520 g/mol. The number of phosphoric acid groups is 2. The normalized spacial score (nSPS) is 13.7. The zero-order valence-corrected chi connectivity index (χ0v) is 69.8. The molecule has 0 spiro atoms. The van der Waals surface area contributed by atoms with Gasteiger partial charge >= 0.3 is 39.5 Å². The second kappa shape index (κ2) is 79.2. The molecule has 0 aliphatic heterocycles. The molecule has 0 aliphatic carbocycles. The van der Waals surface area contributed by atoms with Crippen molar-refractivity contribution in [2.45, 2.75) is 483 Å².